The Hall–Kier alpha value is -3.06. The fraction of sp³-hybridized carbons (Fsp3) is 0.211. The van der Waals surface area contributed by atoms with Crippen LogP contribution in [0.2, 0.25) is 0 Å². The molecule has 0 saturated carbocycles. The Kier molecular flexibility index (Phi) is 4.70. The Morgan fingerprint density at radius 1 is 1.04 bits per heavy atom. The SMILES string of the molecule is Fc1ccc(Nc2nccc(-c3cncc(N4CCOCC4)c3)n2)cc1. The molecule has 7 heteroatoms. The van der Waals surface area contributed by atoms with Crippen LogP contribution in [0.1, 0.15) is 0 Å². The molecule has 0 aliphatic carbocycles. The normalized spacial score (nSPS) is 14.3. The number of nitrogens with zero attached hydrogens (tertiary/aromatic N) is 4. The second-order valence-corrected chi connectivity index (χ2v) is 5.93. The summed E-state index contributed by atoms with van der Waals surface area (Å²) in [7, 11) is 0. The largest absolute Gasteiger partial charge is 0.378 e. The summed E-state index contributed by atoms with van der Waals surface area (Å²) in [6.07, 6.45) is 5.33. The fourth-order valence-corrected chi connectivity index (χ4v) is 2.80. The number of pyridine rings is 1. The highest BCUT2D eigenvalue weighted by Gasteiger charge is 2.13. The van der Waals surface area contributed by atoms with Crippen LogP contribution in [0.5, 0.6) is 0 Å². The lowest BCUT2D eigenvalue weighted by Crippen LogP contribution is -2.36. The smallest absolute Gasteiger partial charge is 0.227 e. The monoisotopic (exact) mass is 351 g/mol. The number of morpholine rings is 1. The lowest BCUT2D eigenvalue weighted by atomic mass is 10.2. The summed E-state index contributed by atoms with van der Waals surface area (Å²) in [6, 6.07) is 9.99. The molecule has 1 N–H and O–H groups in total. The molecule has 1 aliphatic rings. The molecule has 0 radical (unpaired) electrons. The van der Waals surface area contributed by atoms with E-state index in [1.165, 1.54) is 12.1 Å². The number of benzene rings is 1. The van der Waals surface area contributed by atoms with Crippen LogP contribution >= 0.6 is 0 Å². The van der Waals surface area contributed by atoms with Crippen molar-refractivity contribution < 1.29 is 9.13 Å². The molecule has 3 heterocycles. The molecule has 0 spiro atoms. The van der Waals surface area contributed by atoms with E-state index >= 15 is 0 Å². The summed E-state index contributed by atoms with van der Waals surface area (Å²) in [5.74, 6) is 0.169. The highest BCUT2D eigenvalue weighted by atomic mass is 19.1. The first-order valence-corrected chi connectivity index (χ1v) is 8.42. The molecular weight excluding hydrogens is 333 g/mol. The molecule has 1 fully saturated rings. The summed E-state index contributed by atoms with van der Waals surface area (Å²) >= 11 is 0. The summed E-state index contributed by atoms with van der Waals surface area (Å²) in [6.45, 7) is 3.16. The number of anilines is 3. The molecule has 132 valence electrons. The molecule has 0 unspecified atom stereocenters. The van der Waals surface area contributed by atoms with Crippen molar-refractivity contribution >= 4 is 17.3 Å². The Balaban J connectivity index is 1.57. The van der Waals surface area contributed by atoms with E-state index in [2.05, 4.69) is 31.2 Å². The minimum absolute atomic E-state index is 0.281. The van der Waals surface area contributed by atoms with Gasteiger partial charge in [-0.25, -0.2) is 14.4 Å². The highest BCUT2D eigenvalue weighted by Crippen LogP contribution is 2.24. The van der Waals surface area contributed by atoms with Crippen LogP contribution in [0.4, 0.5) is 21.7 Å². The molecule has 0 atom stereocenters. The molecule has 3 aromatic rings. The second-order valence-electron chi connectivity index (χ2n) is 5.93. The van der Waals surface area contributed by atoms with Gasteiger partial charge in [0.05, 0.1) is 30.8 Å². The van der Waals surface area contributed by atoms with E-state index in [-0.39, 0.29) is 5.82 Å². The molecule has 0 amide bonds. The van der Waals surface area contributed by atoms with Gasteiger partial charge >= 0.3 is 0 Å². The van der Waals surface area contributed by atoms with Gasteiger partial charge in [-0.1, -0.05) is 0 Å². The first-order chi connectivity index (χ1) is 12.8. The zero-order valence-electron chi connectivity index (χ0n) is 14.1. The third-order valence-corrected chi connectivity index (χ3v) is 4.15. The topological polar surface area (TPSA) is 63.2 Å². The van der Waals surface area contributed by atoms with Crippen LogP contribution in [-0.2, 0) is 4.74 Å². The highest BCUT2D eigenvalue weighted by molar-refractivity contribution is 5.65. The standard InChI is InChI=1S/C19H18FN5O/c20-15-1-3-16(4-2-15)23-19-22-6-5-18(24-19)14-11-17(13-21-12-14)25-7-9-26-10-8-25/h1-6,11-13H,7-10H2,(H,22,23,24). The van der Waals surface area contributed by atoms with Gasteiger partial charge in [0, 0.05) is 36.7 Å². The molecule has 6 nitrogen and oxygen atoms in total. The minimum atomic E-state index is -0.281. The van der Waals surface area contributed by atoms with E-state index in [1.54, 1.807) is 24.5 Å². The lowest BCUT2D eigenvalue weighted by molar-refractivity contribution is 0.122. The third-order valence-electron chi connectivity index (χ3n) is 4.15. The summed E-state index contributed by atoms with van der Waals surface area (Å²) < 4.78 is 18.4. The average molecular weight is 351 g/mol. The predicted octanol–water partition coefficient (Wildman–Crippen LogP) is 3.26. The molecule has 1 aliphatic heterocycles. The van der Waals surface area contributed by atoms with Crippen molar-refractivity contribution in [3.63, 3.8) is 0 Å². The maximum Gasteiger partial charge on any atom is 0.227 e. The molecule has 2 aromatic heterocycles. The van der Waals surface area contributed by atoms with Crippen LogP contribution in [0.25, 0.3) is 11.3 Å². The van der Waals surface area contributed by atoms with Gasteiger partial charge in [0.1, 0.15) is 5.82 Å². The Bertz CT molecular complexity index is 881. The molecule has 4 rings (SSSR count). The van der Waals surface area contributed by atoms with Gasteiger partial charge in [0.2, 0.25) is 5.95 Å². The van der Waals surface area contributed by atoms with Crippen LogP contribution in [-0.4, -0.2) is 41.3 Å². The van der Waals surface area contributed by atoms with Crippen molar-refractivity contribution in [3.8, 4) is 11.3 Å². The van der Waals surface area contributed by atoms with Gasteiger partial charge < -0.3 is 15.0 Å². The molecule has 1 saturated heterocycles. The maximum absolute atomic E-state index is 13.0. The number of nitrogens with one attached hydrogen (secondary N) is 1. The second kappa shape index (κ2) is 7.45. The van der Waals surface area contributed by atoms with Gasteiger partial charge in [0.25, 0.3) is 0 Å². The lowest BCUT2D eigenvalue weighted by Gasteiger charge is -2.28. The van der Waals surface area contributed by atoms with E-state index in [9.17, 15) is 4.39 Å². The number of aromatic nitrogens is 3. The van der Waals surface area contributed by atoms with E-state index in [1.807, 2.05) is 12.3 Å². The van der Waals surface area contributed by atoms with Gasteiger partial charge in [-0.15, -0.1) is 0 Å². The molecule has 1 aromatic carbocycles. The predicted molar refractivity (Wildman–Crippen MR) is 98.0 cm³/mol. The van der Waals surface area contributed by atoms with Gasteiger partial charge in [0.15, 0.2) is 0 Å². The minimum Gasteiger partial charge on any atom is -0.378 e. The van der Waals surface area contributed by atoms with Crippen LogP contribution in [0.3, 0.4) is 0 Å². The molecular formula is C19H18FN5O. The van der Waals surface area contributed by atoms with Crippen LogP contribution in [0, 0.1) is 5.82 Å². The van der Waals surface area contributed by atoms with E-state index in [0.717, 1.165) is 48.9 Å². The summed E-state index contributed by atoms with van der Waals surface area (Å²) in [5.41, 5.74) is 3.46. The number of ether oxygens (including phenoxy) is 1. The molecule has 0 bridgehead atoms. The maximum atomic E-state index is 13.0. The fourth-order valence-electron chi connectivity index (χ4n) is 2.80. The summed E-state index contributed by atoms with van der Waals surface area (Å²) in [5, 5.41) is 3.08. The first kappa shape index (κ1) is 16.4. The van der Waals surface area contributed by atoms with Crippen molar-refractivity contribution in [2.45, 2.75) is 0 Å². The quantitative estimate of drug-likeness (QED) is 0.778. The summed E-state index contributed by atoms with van der Waals surface area (Å²) in [4.78, 5) is 15.4. The first-order valence-electron chi connectivity index (χ1n) is 8.42. The van der Waals surface area contributed by atoms with Crippen LogP contribution in [0.15, 0.2) is 55.0 Å². The Labute approximate surface area is 150 Å². The van der Waals surface area contributed by atoms with Crippen molar-refractivity contribution in [2.75, 3.05) is 36.5 Å². The Morgan fingerprint density at radius 2 is 1.85 bits per heavy atom. The van der Waals surface area contributed by atoms with Gasteiger partial charge in [-0.2, -0.15) is 0 Å². The van der Waals surface area contributed by atoms with E-state index in [4.69, 9.17) is 4.74 Å². The van der Waals surface area contributed by atoms with Crippen molar-refractivity contribution in [2.24, 2.45) is 0 Å². The molecule has 26 heavy (non-hydrogen) atoms. The zero-order chi connectivity index (χ0) is 17.8. The average Bonchev–Trinajstić information content (AvgIpc) is 2.71. The van der Waals surface area contributed by atoms with E-state index < -0.39 is 0 Å². The third kappa shape index (κ3) is 3.78. The van der Waals surface area contributed by atoms with Crippen LogP contribution < -0.4 is 10.2 Å². The van der Waals surface area contributed by atoms with E-state index in [0.29, 0.717) is 5.95 Å². The Morgan fingerprint density at radius 3 is 2.65 bits per heavy atom. The number of halogens is 1. The number of hydrogen-bond acceptors (Lipinski definition) is 6. The van der Waals surface area contributed by atoms with Crippen molar-refractivity contribution in [1.82, 2.24) is 15.0 Å². The van der Waals surface area contributed by atoms with Crippen molar-refractivity contribution in [1.29, 1.82) is 0 Å². The van der Waals surface area contributed by atoms with Gasteiger partial charge in [-0.3, -0.25) is 4.98 Å². The van der Waals surface area contributed by atoms with Gasteiger partial charge in [-0.05, 0) is 36.4 Å². The zero-order valence-corrected chi connectivity index (χ0v) is 14.1. The van der Waals surface area contributed by atoms with Crippen molar-refractivity contribution in [3.05, 3.63) is 60.8 Å². The number of rotatable bonds is 4. The number of hydrogen-bond donors (Lipinski definition) is 1.